The van der Waals surface area contributed by atoms with Crippen LogP contribution in [0.3, 0.4) is 0 Å². The fourth-order valence-electron chi connectivity index (χ4n) is 2.93. The minimum atomic E-state index is -1.72. The molecule has 2 heterocycles. The van der Waals surface area contributed by atoms with Crippen molar-refractivity contribution in [1.82, 2.24) is 0 Å². The topological polar surface area (TPSA) is 185 Å². The molecule has 0 amide bonds. The van der Waals surface area contributed by atoms with Crippen LogP contribution in [-0.4, -0.2) is 118 Å². The lowest BCUT2D eigenvalue weighted by Crippen LogP contribution is -2.64. The number of methoxy groups -OCH3 is 1. The van der Waals surface area contributed by atoms with Crippen LogP contribution < -0.4 is 0 Å². The van der Waals surface area contributed by atoms with Gasteiger partial charge in [0.2, 0.25) is 0 Å². The van der Waals surface area contributed by atoms with Gasteiger partial charge in [-0.2, -0.15) is 0 Å². The highest BCUT2D eigenvalue weighted by molar-refractivity contribution is 5.65. The summed E-state index contributed by atoms with van der Waals surface area (Å²) in [4.78, 5) is 11.0. The van der Waals surface area contributed by atoms with Crippen molar-refractivity contribution in [3.63, 3.8) is 0 Å². The molecule has 27 heavy (non-hydrogen) atoms. The number of rotatable bonds is 6. The summed E-state index contributed by atoms with van der Waals surface area (Å²) in [7, 11) is 1.24. The van der Waals surface area contributed by atoms with Crippen LogP contribution >= 0.6 is 0 Å². The van der Waals surface area contributed by atoms with E-state index in [4.69, 9.17) is 23.7 Å². The lowest BCUT2D eigenvalue weighted by Gasteiger charge is -2.45. The second-order valence-corrected chi connectivity index (χ2v) is 6.36. The van der Waals surface area contributed by atoms with Gasteiger partial charge in [-0.25, -0.2) is 0 Å². The van der Waals surface area contributed by atoms with Gasteiger partial charge in [-0.15, -0.1) is 0 Å². The molecular formula is C15H26O12. The monoisotopic (exact) mass is 398 g/mol. The molecule has 0 spiro atoms. The summed E-state index contributed by atoms with van der Waals surface area (Å²) in [6, 6.07) is 0. The van der Waals surface area contributed by atoms with Crippen molar-refractivity contribution in [2.75, 3.05) is 20.3 Å². The molecule has 0 saturated carbocycles. The SMILES string of the molecule is CO[C@@H]1O[C@H](COC(C)=O)[C@H](O)[C@H](O[C@H]2O[C@H](CO)[C@@H](O)[C@H](O)[C@H]2O)[C@H]1O. The number of hydrogen-bond donors (Lipinski definition) is 6. The Morgan fingerprint density at radius 3 is 2.07 bits per heavy atom. The summed E-state index contributed by atoms with van der Waals surface area (Å²) in [6.07, 6.45) is -14.6. The van der Waals surface area contributed by atoms with Crippen molar-refractivity contribution in [3.05, 3.63) is 0 Å². The zero-order chi connectivity index (χ0) is 20.3. The first kappa shape index (κ1) is 22.4. The Morgan fingerprint density at radius 2 is 1.52 bits per heavy atom. The standard InChI is InChI=1S/C15H26O12/c1-5(17)24-4-7-9(19)13(12(22)14(23-2)26-7)27-15-11(21)10(20)8(18)6(3-16)25-15/h6-16,18-22H,3-4H2,1-2H3/t6-,7-,8-,9+,10+,11-,12-,13+,14-,15-/m1/s1. The van der Waals surface area contributed by atoms with E-state index >= 15 is 0 Å². The fraction of sp³-hybridized carbons (Fsp3) is 0.933. The molecule has 2 aliphatic rings. The van der Waals surface area contributed by atoms with Crippen molar-refractivity contribution < 1.29 is 59.1 Å². The van der Waals surface area contributed by atoms with Gasteiger partial charge in [-0.1, -0.05) is 0 Å². The molecule has 12 heteroatoms. The molecule has 2 aliphatic heterocycles. The second-order valence-electron chi connectivity index (χ2n) is 6.36. The van der Waals surface area contributed by atoms with Crippen molar-refractivity contribution in [2.24, 2.45) is 0 Å². The van der Waals surface area contributed by atoms with Gasteiger partial charge in [-0.3, -0.25) is 4.79 Å². The third-order valence-electron chi connectivity index (χ3n) is 4.46. The first-order valence-electron chi connectivity index (χ1n) is 8.35. The molecule has 0 unspecified atom stereocenters. The quantitative estimate of drug-likeness (QED) is 0.238. The lowest BCUT2D eigenvalue weighted by atomic mass is 9.97. The van der Waals surface area contributed by atoms with Gasteiger partial charge in [-0.05, 0) is 0 Å². The van der Waals surface area contributed by atoms with Crippen LogP contribution in [-0.2, 0) is 28.5 Å². The molecule has 0 radical (unpaired) electrons. The van der Waals surface area contributed by atoms with Gasteiger partial charge in [0.25, 0.3) is 0 Å². The molecule has 2 rings (SSSR count). The average molecular weight is 398 g/mol. The zero-order valence-electron chi connectivity index (χ0n) is 14.8. The van der Waals surface area contributed by atoms with Gasteiger partial charge in [0, 0.05) is 14.0 Å². The summed E-state index contributed by atoms with van der Waals surface area (Å²) in [5.74, 6) is -0.614. The first-order chi connectivity index (χ1) is 12.7. The second kappa shape index (κ2) is 9.52. The molecule has 0 aliphatic carbocycles. The average Bonchev–Trinajstić information content (AvgIpc) is 2.64. The molecule has 12 nitrogen and oxygen atoms in total. The predicted octanol–water partition coefficient (Wildman–Crippen LogP) is -4.17. The number of carbonyl (C=O) groups is 1. The zero-order valence-corrected chi connectivity index (χ0v) is 14.8. The Kier molecular flexibility index (Phi) is 7.88. The van der Waals surface area contributed by atoms with E-state index in [0.717, 1.165) is 0 Å². The number of aliphatic hydroxyl groups excluding tert-OH is 6. The molecule has 0 aromatic heterocycles. The summed E-state index contributed by atoms with van der Waals surface area (Å²) in [5, 5.41) is 59.6. The van der Waals surface area contributed by atoms with E-state index in [1.807, 2.05) is 0 Å². The highest BCUT2D eigenvalue weighted by Gasteiger charge is 2.50. The minimum absolute atomic E-state index is 0.350. The smallest absolute Gasteiger partial charge is 0.302 e. The Hall–Kier alpha value is -0.930. The Labute approximate surface area is 154 Å². The molecule has 0 aromatic carbocycles. The van der Waals surface area contributed by atoms with Gasteiger partial charge < -0.3 is 54.3 Å². The van der Waals surface area contributed by atoms with Gasteiger partial charge in [0.05, 0.1) is 6.61 Å². The molecule has 158 valence electrons. The number of aliphatic hydroxyl groups is 6. The number of carbonyl (C=O) groups excluding carboxylic acids is 1. The maximum Gasteiger partial charge on any atom is 0.302 e. The third kappa shape index (κ3) is 4.92. The largest absolute Gasteiger partial charge is 0.463 e. The Balaban J connectivity index is 2.14. The summed E-state index contributed by atoms with van der Waals surface area (Å²) >= 11 is 0. The van der Waals surface area contributed by atoms with Crippen LogP contribution in [0.1, 0.15) is 6.92 Å². The summed E-state index contributed by atoms with van der Waals surface area (Å²) in [6.45, 7) is 0.150. The van der Waals surface area contributed by atoms with E-state index in [9.17, 15) is 35.4 Å². The van der Waals surface area contributed by atoms with E-state index in [1.54, 1.807) is 0 Å². The molecule has 2 fully saturated rings. The van der Waals surface area contributed by atoms with E-state index in [1.165, 1.54) is 14.0 Å². The molecule has 0 bridgehead atoms. The lowest BCUT2D eigenvalue weighted by molar-refractivity contribution is -0.358. The normalized spacial score (nSPS) is 45.5. The van der Waals surface area contributed by atoms with Crippen molar-refractivity contribution in [2.45, 2.75) is 68.3 Å². The van der Waals surface area contributed by atoms with Crippen LogP contribution in [0.5, 0.6) is 0 Å². The number of hydrogen-bond acceptors (Lipinski definition) is 12. The van der Waals surface area contributed by atoms with Crippen molar-refractivity contribution in [3.8, 4) is 0 Å². The number of ether oxygens (including phenoxy) is 5. The summed E-state index contributed by atoms with van der Waals surface area (Å²) in [5.41, 5.74) is 0. The van der Waals surface area contributed by atoms with Crippen molar-refractivity contribution >= 4 is 5.97 Å². The summed E-state index contributed by atoms with van der Waals surface area (Å²) < 4.78 is 25.8. The van der Waals surface area contributed by atoms with E-state index in [2.05, 4.69) is 0 Å². The minimum Gasteiger partial charge on any atom is -0.463 e. The molecule has 10 atom stereocenters. The van der Waals surface area contributed by atoms with E-state index in [-0.39, 0.29) is 6.61 Å². The van der Waals surface area contributed by atoms with Crippen LogP contribution in [0.2, 0.25) is 0 Å². The van der Waals surface area contributed by atoms with Crippen LogP contribution in [0.25, 0.3) is 0 Å². The fourth-order valence-corrected chi connectivity index (χ4v) is 2.93. The molecular weight excluding hydrogens is 372 g/mol. The van der Waals surface area contributed by atoms with Crippen LogP contribution in [0, 0.1) is 0 Å². The predicted molar refractivity (Wildman–Crippen MR) is 83.0 cm³/mol. The van der Waals surface area contributed by atoms with Gasteiger partial charge in [0.15, 0.2) is 12.6 Å². The maximum atomic E-state index is 11.0. The molecule has 2 saturated heterocycles. The highest BCUT2D eigenvalue weighted by atomic mass is 16.7. The van der Waals surface area contributed by atoms with Crippen molar-refractivity contribution in [1.29, 1.82) is 0 Å². The van der Waals surface area contributed by atoms with Crippen LogP contribution in [0.15, 0.2) is 0 Å². The third-order valence-corrected chi connectivity index (χ3v) is 4.46. The molecule has 6 N–H and O–H groups in total. The highest BCUT2D eigenvalue weighted by Crippen LogP contribution is 2.29. The van der Waals surface area contributed by atoms with Gasteiger partial charge in [0.1, 0.15) is 55.4 Å². The number of esters is 1. The maximum absolute atomic E-state index is 11.0. The molecule has 0 aromatic rings. The van der Waals surface area contributed by atoms with E-state index in [0.29, 0.717) is 0 Å². The first-order valence-corrected chi connectivity index (χ1v) is 8.35. The van der Waals surface area contributed by atoms with E-state index < -0.39 is 74.0 Å². The Morgan fingerprint density at radius 1 is 0.889 bits per heavy atom. The van der Waals surface area contributed by atoms with Gasteiger partial charge >= 0.3 is 5.97 Å². The van der Waals surface area contributed by atoms with Crippen LogP contribution in [0.4, 0.5) is 0 Å². The Bertz CT molecular complexity index is 487.